The summed E-state index contributed by atoms with van der Waals surface area (Å²) < 4.78 is 6.29. The first kappa shape index (κ1) is 14.5. The minimum atomic E-state index is 0.440. The largest absolute Gasteiger partial charge is 0.467 e. The van der Waals surface area contributed by atoms with Crippen molar-refractivity contribution in [2.45, 2.75) is 13.5 Å². The first-order valence-corrected chi connectivity index (χ1v) is 7.49. The molecule has 0 amide bonds. The second-order valence-corrected chi connectivity index (χ2v) is 5.60. The molecule has 2 N–H and O–H groups in total. The monoisotopic (exact) mass is 359 g/mol. The summed E-state index contributed by atoms with van der Waals surface area (Å²) in [5.74, 6) is 1.90. The molecule has 0 atom stereocenters. The average Bonchev–Trinajstić information content (AvgIpc) is 3.02. The predicted octanol–water partition coefficient (Wildman–Crippen LogP) is 3.89. The van der Waals surface area contributed by atoms with Gasteiger partial charge in [-0.15, -0.1) is 5.10 Å². The molecule has 0 saturated carbocycles. The fourth-order valence-electron chi connectivity index (χ4n) is 1.92. The van der Waals surface area contributed by atoms with Crippen molar-refractivity contribution in [1.82, 2.24) is 15.2 Å². The smallest absolute Gasteiger partial charge is 0.249 e. The summed E-state index contributed by atoms with van der Waals surface area (Å²) in [6.45, 7) is 2.56. The van der Waals surface area contributed by atoms with E-state index in [0.29, 0.717) is 18.3 Å². The van der Waals surface area contributed by atoms with Crippen LogP contribution in [0.15, 0.2) is 51.7 Å². The number of rotatable bonds is 5. The molecule has 2 aromatic heterocycles. The van der Waals surface area contributed by atoms with Crippen LogP contribution < -0.4 is 10.6 Å². The van der Waals surface area contributed by atoms with E-state index in [1.165, 1.54) is 0 Å². The van der Waals surface area contributed by atoms with E-state index in [1.54, 1.807) is 12.5 Å². The molecule has 3 rings (SSSR count). The summed E-state index contributed by atoms with van der Waals surface area (Å²) in [6, 6.07) is 9.69. The van der Waals surface area contributed by atoms with Gasteiger partial charge in [-0.25, -0.2) is 0 Å². The molecule has 22 heavy (non-hydrogen) atoms. The normalized spacial score (nSPS) is 10.5. The Morgan fingerprint density at radius 1 is 1.27 bits per heavy atom. The standard InChI is InChI=1S/C15H14BrN5O/c1-10-7-11(16)4-5-13(10)19-15-20-14(9-18-21-15)17-8-12-3-2-6-22-12/h2-7,9H,8H2,1H3,(H2,17,19,20,21). The van der Waals surface area contributed by atoms with Crippen molar-refractivity contribution in [1.29, 1.82) is 0 Å². The lowest BCUT2D eigenvalue weighted by atomic mass is 10.2. The maximum Gasteiger partial charge on any atom is 0.249 e. The fourth-order valence-corrected chi connectivity index (χ4v) is 2.40. The van der Waals surface area contributed by atoms with Crippen LogP contribution in [0, 0.1) is 6.92 Å². The SMILES string of the molecule is Cc1cc(Br)ccc1Nc1nncc(NCc2ccco2)n1. The molecular weight excluding hydrogens is 346 g/mol. The van der Waals surface area contributed by atoms with E-state index in [-0.39, 0.29) is 0 Å². The van der Waals surface area contributed by atoms with Crippen molar-refractivity contribution in [3.8, 4) is 0 Å². The van der Waals surface area contributed by atoms with E-state index in [1.807, 2.05) is 37.3 Å². The molecular formula is C15H14BrN5O. The van der Waals surface area contributed by atoms with Crippen LogP contribution in [-0.4, -0.2) is 15.2 Å². The maximum absolute atomic E-state index is 5.26. The van der Waals surface area contributed by atoms with Gasteiger partial charge in [0.1, 0.15) is 5.76 Å². The Bertz CT molecular complexity index is 760. The third-order valence-electron chi connectivity index (χ3n) is 3.02. The fraction of sp³-hybridized carbons (Fsp3) is 0.133. The number of aromatic nitrogens is 3. The Hall–Kier alpha value is -2.41. The predicted molar refractivity (Wildman–Crippen MR) is 88.0 cm³/mol. The first-order chi connectivity index (χ1) is 10.7. The molecule has 0 aliphatic rings. The van der Waals surface area contributed by atoms with Gasteiger partial charge in [0, 0.05) is 10.2 Å². The highest BCUT2D eigenvalue weighted by Crippen LogP contribution is 2.22. The van der Waals surface area contributed by atoms with Crippen molar-refractivity contribution < 1.29 is 4.42 Å². The molecule has 0 radical (unpaired) electrons. The van der Waals surface area contributed by atoms with Crippen LogP contribution in [-0.2, 0) is 6.54 Å². The van der Waals surface area contributed by atoms with Crippen molar-refractivity contribution in [2.75, 3.05) is 10.6 Å². The van der Waals surface area contributed by atoms with Crippen LogP contribution in [0.25, 0.3) is 0 Å². The molecule has 0 aliphatic heterocycles. The van der Waals surface area contributed by atoms with E-state index in [2.05, 4.69) is 41.7 Å². The summed E-state index contributed by atoms with van der Waals surface area (Å²) >= 11 is 3.44. The molecule has 1 aromatic carbocycles. The van der Waals surface area contributed by atoms with Crippen LogP contribution in [0.3, 0.4) is 0 Å². The molecule has 0 bridgehead atoms. The lowest BCUT2D eigenvalue weighted by Crippen LogP contribution is -2.05. The highest BCUT2D eigenvalue weighted by atomic mass is 79.9. The Kier molecular flexibility index (Phi) is 4.34. The Morgan fingerprint density at radius 2 is 2.18 bits per heavy atom. The summed E-state index contributed by atoms with van der Waals surface area (Å²) in [4.78, 5) is 4.38. The zero-order valence-corrected chi connectivity index (χ0v) is 13.5. The number of anilines is 3. The number of nitrogens with zero attached hydrogens (tertiary/aromatic N) is 3. The average molecular weight is 360 g/mol. The number of furan rings is 1. The third kappa shape index (κ3) is 3.62. The molecule has 6 nitrogen and oxygen atoms in total. The molecule has 112 valence electrons. The van der Waals surface area contributed by atoms with Crippen molar-refractivity contribution in [3.05, 3.63) is 58.6 Å². The minimum absolute atomic E-state index is 0.440. The third-order valence-corrected chi connectivity index (χ3v) is 3.51. The van der Waals surface area contributed by atoms with Gasteiger partial charge >= 0.3 is 0 Å². The van der Waals surface area contributed by atoms with Crippen LogP contribution in [0.2, 0.25) is 0 Å². The molecule has 0 unspecified atom stereocenters. The van der Waals surface area contributed by atoms with Crippen molar-refractivity contribution in [2.24, 2.45) is 0 Å². The molecule has 0 saturated heterocycles. The van der Waals surface area contributed by atoms with Crippen LogP contribution >= 0.6 is 15.9 Å². The van der Waals surface area contributed by atoms with Gasteiger partial charge in [0.2, 0.25) is 5.95 Å². The van der Waals surface area contributed by atoms with Gasteiger partial charge in [-0.1, -0.05) is 15.9 Å². The van der Waals surface area contributed by atoms with Gasteiger partial charge < -0.3 is 15.1 Å². The van der Waals surface area contributed by atoms with Gasteiger partial charge in [0.05, 0.1) is 19.0 Å². The van der Waals surface area contributed by atoms with E-state index >= 15 is 0 Å². The maximum atomic E-state index is 5.26. The minimum Gasteiger partial charge on any atom is -0.467 e. The lowest BCUT2D eigenvalue weighted by molar-refractivity contribution is 0.517. The molecule has 2 heterocycles. The van der Waals surface area contributed by atoms with Gasteiger partial charge in [0.25, 0.3) is 0 Å². The van der Waals surface area contributed by atoms with Gasteiger partial charge in [-0.2, -0.15) is 10.1 Å². The second kappa shape index (κ2) is 6.57. The first-order valence-electron chi connectivity index (χ1n) is 6.70. The topological polar surface area (TPSA) is 75.9 Å². The van der Waals surface area contributed by atoms with Crippen molar-refractivity contribution in [3.63, 3.8) is 0 Å². The Morgan fingerprint density at radius 3 is 2.95 bits per heavy atom. The molecule has 7 heteroatoms. The number of halogens is 1. The summed E-state index contributed by atoms with van der Waals surface area (Å²) in [7, 11) is 0. The molecule has 0 aliphatic carbocycles. The summed E-state index contributed by atoms with van der Waals surface area (Å²) in [5.41, 5.74) is 2.03. The highest BCUT2D eigenvalue weighted by molar-refractivity contribution is 9.10. The van der Waals surface area contributed by atoms with E-state index in [0.717, 1.165) is 21.5 Å². The van der Waals surface area contributed by atoms with Crippen LogP contribution in [0.5, 0.6) is 0 Å². The summed E-state index contributed by atoms with van der Waals surface area (Å²) in [5, 5.41) is 14.3. The number of nitrogens with one attached hydrogen (secondary N) is 2. The number of aryl methyl sites for hydroxylation is 1. The highest BCUT2D eigenvalue weighted by Gasteiger charge is 2.04. The van der Waals surface area contributed by atoms with E-state index < -0.39 is 0 Å². The van der Waals surface area contributed by atoms with Gasteiger partial charge in [-0.05, 0) is 42.8 Å². The molecule has 3 aromatic rings. The second-order valence-electron chi connectivity index (χ2n) is 4.68. The van der Waals surface area contributed by atoms with Crippen LogP contribution in [0.1, 0.15) is 11.3 Å². The number of hydrogen-bond acceptors (Lipinski definition) is 6. The van der Waals surface area contributed by atoms with Crippen LogP contribution in [0.4, 0.5) is 17.5 Å². The zero-order valence-electron chi connectivity index (χ0n) is 11.9. The van der Waals surface area contributed by atoms with Crippen molar-refractivity contribution >= 4 is 33.4 Å². The molecule has 0 spiro atoms. The zero-order chi connectivity index (χ0) is 15.4. The van der Waals surface area contributed by atoms with Gasteiger partial charge in [0.15, 0.2) is 5.82 Å². The van der Waals surface area contributed by atoms with E-state index in [4.69, 9.17) is 4.42 Å². The quantitative estimate of drug-likeness (QED) is 0.719. The number of hydrogen-bond donors (Lipinski definition) is 2. The van der Waals surface area contributed by atoms with Gasteiger partial charge in [-0.3, -0.25) is 0 Å². The van der Waals surface area contributed by atoms with E-state index in [9.17, 15) is 0 Å². The number of benzene rings is 1. The molecule has 0 fully saturated rings. The summed E-state index contributed by atoms with van der Waals surface area (Å²) in [6.07, 6.45) is 3.21. The lowest BCUT2D eigenvalue weighted by Gasteiger charge is -2.09. The Labute approximate surface area is 136 Å². The Balaban J connectivity index is 1.70.